The summed E-state index contributed by atoms with van der Waals surface area (Å²) in [5.41, 5.74) is 3.94. The number of aromatic amines is 1. The number of carbonyl (C=O) groups is 1. The van der Waals surface area contributed by atoms with Gasteiger partial charge in [0.1, 0.15) is 5.69 Å². The van der Waals surface area contributed by atoms with E-state index >= 15 is 0 Å². The molecule has 122 valence electrons. The average molecular weight is 318 g/mol. The third-order valence-electron chi connectivity index (χ3n) is 5.22. The van der Waals surface area contributed by atoms with Gasteiger partial charge < -0.3 is 10.3 Å². The Balaban J connectivity index is 1.62. The maximum Gasteiger partial charge on any atom is 0.268 e. The highest BCUT2D eigenvalue weighted by Crippen LogP contribution is 2.41. The Morgan fingerprint density at radius 2 is 1.92 bits per heavy atom. The van der Waals surface area contributed by atoms with Gasteiger partial charge in [-0.25, -0.2) is 0 Å². The number of carbonyl (C=O) groups excluding carboxylic acids is 1. The molecule has 0 atom stereocenters. The number of hydrogen-bond donors (Lipinski definition) is 2. The summed E-state index contributed by atoms with van der Waals surface area (Å²) in [6, 6.07) is 18.6. The average Bonchev–Trinajstić information content (AvgIpc) is 3.02. The molecule has 0 saturated heterocycles. The van der Waals surface area contributed by atoms with Gasteiger partial charge in [0.25, 0.3) is 5.91 Å². The number of aryl methyl sites for hydroxylation is 1. The summed E-state index contributed by atoms with van der Waals surface area (Å²) in [7, 11) is 0. The minimum atomic E-state index is -0.204. The molecule has 1 aromatic heterocycles. The standard InChI is InChI=1S/C21H22N2O/c1-2-15-9-10-18-16(13-15)14-19(22-18)20(24)23-21(11-6-12-21)17-7-4-3-5-8-17/h3-5,7-10,13-14,22H,2,6,11-12H2,1H3,(H,23,24). The van der Waals surface area contributed by atoms with Crippen molar-refractivity contribution in [3.05, 3.63) is 71.4 Å². The van der Waals surface area contributed by atoms with Crippen LogP contribution in [-0.2, 0) is 12.0 Å². The van der Waals surface area contributed by atoms with Crippen LogP contribution in [-0.4, -0.2) is 10.9 Å². The lowest BCUT2D eigenvalue weighted by Gasteiger charge is -2.43. The van der Waals surface area contributed by atoms with Crippen LogP contribution >= 0.6 is 0 Å². The van der Waals surface area contributed by atoms with Gasteiger partial charge in [-0.1, -0.05) is 43.3 Å². The highest BCUT2D eigenvalue weighted by Gasteiger charge is 2.40. The zero-order valence-electron chi connectivity index (χ0n) is 13.9. The van der Waals surface area contributed by atoms with Gasteiger partial charge in [-0.15, -0.1) is 0 Å². The van der Waals surface area contributed by atoms with E-state index in [1.54, 1.807) is 0 Å². The highest BCUT2D eigenvalue weighted by atomic mass is 16.2. The number of amides is 1. The minimum absolute atomic E-state index is 0.0206. The molecule has 0 aliphatic heterocycles. The minimum Gasteiger partial charge on any atom is -0.351 e. The first kappa shape index (κ1) is 15.0. The Hall–Kier alpha value is -2.55. The van der Waals surface area contributed by atoms with E-state index in [1.807, 2.05) is 24.3 Å². The molecule has 0 radical (unpaired) electrons. The van der Waals surface area contributed by atoms with E-state index < -0.39 is 0 Å². The van der Waals surface area contributed by atoms with Gasteiger partial charge in [-0.2, -0.15) is 0 Å². The quantitative estimate of drug-likeness (QED) is 0.729. The molecule has 4 rings (SSSR count). The van der Waals surface area contributed by atoms with Crippen LogP contribution in [0.5, 0.6) is 0 Å². The van der Waals surface area contributed by atoms with Crippen LogP contribution in [0.25, 0.3) is 10.9 Å². The lowest BCUT2D eigenvalue weighted by molar-refractivity contribution is 0.0819. The van der Waals surface area contributed by atoms with Gasteiger partial charge in [-0.05, 0) is 55.0 Å². The van der Waals surface area contributed by atoms with Crippen LogP contribution in [0.4, 0.5) is 0 Å². The zero-order valence-corrected chi connectivity index (χ0v) is 13.9. The van der Waals surface area contributed by atoms with Crippen molar-refractivity contribution in [1.29, 1.82) is 0 Å². The molecule has 1 saturated carbocycles. The van der Waals surface area contributed by atoms with Crippen LogP contribution in [0.3, 0.4) is 0 Å². The second kappa shape index (κ2) is 5.82. The Kier molecular flexibility index (Phi) is 3.64. The fraction of sp³-hybridized carbons (Fsp3) is 0.286. The molecule has 24 heavy (non-hydrogen) atoms. The Labute approximate surface area is 142 Å². The number of hydrogen-bond acceptors (Lipinski definition) is 1. The van der Waals surface area contributed by atoms with Crippen LogP contribution < -0.4 is 5.32 Å². The van der Waals surface area contributed by atoms with Gasteiger partial charge >= 0.3 is 0 Å². The predicted octanol–water partition coefficient (Wildman–Crippen LogP) is 4.54. The second-order valence-corrected chi connectivity index (χ2v) is 6.71. The number of fused-ring (bicyclic) bond motifs is 1. The van der Waals surface area contributed by atoms with Crippen molar-refractivity contribution in [2.75, 3.05) is 0 Å². The molecular weight excluding hydrogens is 296 g/mol. The molecule has 0 unspecified atom stereocenters. The normalized spacial score (nSPS) is 15.9. The Morgan fingerprint density at radius 3 is 2.58 bits per heavy atom. The Morgan fingerprint density at radius 1 is 1.12 bits per heavy atom. The molecule has 1 amide bonds. The lowest BCUT2D eigenvalue weighted by atomic mass is 9.71. The van der Waals surface area contributed by atoms with Crippen molar-refractivity contribution < 1.29 is 4.79 Å². The van der Waals surface area contributed by atoms with Crippen molar-refractivity contribution in [2.45, 2.75) is 38.1 Å². The molecule has 3 heteroatoms. The topological polar surface area (TPSA) is 44.9 Å². The summed E-state index contributed by atoms with van der Waals surface area (Å²) in [6.07, 6.45) is 4.16. The van der Waals surface area contributed by atoms with E-state index in [4.69, 9.17) is 0 Å². The number of aromatic nitrogens is 1. The van der Waals surface area contributed by atoms with Crippen LogP contribution in [0.15, 0.2) is 54.6 Å². The highest BCUT2D eigenvalue weighted by molar-refractivity contribution is 5.98. The van der Waals surface area contributed by atoms with Gasteiger partial charge in [0, 0.05) is 10.9 Å². The fourth-order valence-electron chi connectivity index (χ4n) is 3.58. The van der Waals surface area contributed by atoms with Crippen molar-refractivity contribution in [3.63, 3.8) is 0 Å². The number of nitrogens with one attached hydrogen (secondary N) is 2. The largest absolute Gasteiger partial charge is 0.351 e. The molecule has 2 aromatic carbocycles. The van der Waals surface area contributed by atoms with E-state index in [9.17, 15) is 4.79 Å². The van der Waals surface area contributed by atoms with Gasteiger partial charge in [0.05, 0.1) is 5.54 Å². The molecule has 0 spiro atoms. The van der Waals surface area contributed by atoms with Crippen LogP contribution in [0, 0.1) is 0 Å². The molecule has 1 aliphatic rings. The molecule has 1 fully saturated rings. The molecule has 3 aromatic rings. The number of rotatable bonds is 4. The van der Waals surface area contributed by atoms with Crippen molar-refractivity contribution >= 4 is 16.8 Å². The maximum atomic E-state index is 12.8. The fourth-order valence-corrected chi connectivity index (χ4v) is 3.58. The smallest absolute Gasteiger partial charge is 0.268 e. The maximum absolute atomic E-state index is 12.8. The first-order valence-electron chi connectivity index (χ1n) is 8.70. The summed E-state index contributed by atoms with van der Waals surface area (Å²) < 4.78 is 0. The van der Waals surface area contributed by atoms with Gasteiger partial charge in [0.15, 0.2) is 0 Å². The van der Waals surface area contributed by atoms with Gasteiger partial charge in [0.2, 0.25) is 0 Å². The predicted molar refractivity (Wildman–Crippen MR) is 97.1 cm³/mol. The number of H-pyrrole nitrogens is 1. The van der Waals surface area contributed by atoms with E-state index in [0.29, 0.717) is 5.69 Å². The van der Waals surface area contributed by atoms with E-state index in [-0.39, 0.29) is 11.4 Å². The molecule has 1 heterocycles. The summed E-state index contributed by atoms with van der Waals surface area (Å²) in [5, 5.41) is 4.38. The first-order chi connectivity index (χ1) is 11.7. The zero-order chi connectivity index (χ0) is 16.6. The summed E-state index contributed by atoms with van der Waals surface area (Å²) in [5.74, 6) is -0.0206. The van der Waals surface area contributed by atoms with E-state index in [2.05, 4.69) is 47.6 Å². The third-order valence-corrected chi connectivity index (χ3v) is 5.22. The first-order valence-corrected chi connectivity index (χ1v) is 8.70. The van der Waals surface area contributed by atoms with Crippen molar-refractivity contribution in [3.8, 4) is 0 Å². The van der Waals surface area contributed by atoms with Crippen LogP contribution in [0.1, 0.15) is 47.8 Å². The monoisotopic (exact) mass is 318 g/mol. The second-order valence-electron chi connectivity index (χ2n) is 6.71. The van der Waals surface area contributed by atoms with E-state index in [1.165, 1.54) is 11.1 Å². The third kappa shape index (κ3) is 2.50. The molecular formula is C21H22N2O. The Bertz CT molecular complexity index is 875. The van der Waals surface area contributed by atoms with E-state index in [0.717, 1.165) is 36.6 Å². The summed E-state index contributed by atoms with van der Waals surface area (Å²) >= 11 is 0. The molecule has 0 bridgehead atoms. The SMILES string of the molecule is CCc1ccc2[nH]c(C(=O)NC3(c4ccccc4)CCC3)cc2c1. The van der Waals surface area contributed by atoms with Crippen LogP contribution in [0.2, 0.25) is 0 Å². The molecule has 2 N–H and O–H groups in total. The van der Waals surface area contributed by atoms with Crippen molar-refractivity contribution in [2.24, 2.45) is 0 Å². The molecule has 3 nitrogen and oxygen atoms in total. The summed E-state index contributed by atoms with van der Waals surface area (Å²) in [6.45, 7) is 2.14. The molecule has 1 aliphatic carbocycles. The number of benzene rings is 2. The van der Waals surface area contributed by atoms with Crippen molar-refractivity contribution in [1.82, 2.24) is 10.3 Å². The lowest BCUT2D eigenvalue weighted by Crippen LogP contribution is -2.50. The summed E-state index contributed by atoms with van der Waals surface area (Å²) in [4.78, 5) is 16.1. The van der Waals surface area contributed by atoms with Gasteiger partial charge in [-0.3, -0.25) is 4.79 Å².